The summed E-state index contributed by atoms with van der Waals surface area (Å²) in [6.07, 6.45) is 0. The fourth-order valence-electron chi connectivity index (χ4n) is 1.78. The van der Waals surface area contributed by atoms with Crippen molar-refractivity contribution < 1.29 is 12.8 Å². The fourth-order valence-corrected chi connectivity index (χ4v) is 3.63. The van der Waals surface area contributed by atoms with Gasteiger partial charge in [0.2, 0.25) is 0 Å². The highest BCUT2D eigenvalue weighted by atomic mass is 79.9. The van der Waals surface area contributed by atoms with Crippen LogP contribution < -0.4 is 10.5 Å². The summed E-state index contributed by atoms with van der Waals surface area (Å²) in [5.41, 5.74) is 6.96. The molecule has 7 heteroatoms. The number of sulfonamides is 1. The summed E-state index contributed by atoms with van der Waals surface area (Å²) >= 11 is 3.31. The highest BCUT2D eigenvalue weighted by molar-refractivity contribution is 9.10. The smallest absolute Gasteiger partial charge is 0.261 e. The van der Waals surface area contributed by atoms with Crippen LogP contribution in [0.5, 0.6) is 0 Å². The molecule has 2 rings (SSSR count). The molecular formula is C14H14BrFN2O2S. The Bertz CT molecular complexity index is 779. The van der Waals surface area contributed by atoms with Crippen LogP contribution in [0.25, 0.3) is 0 Å². The van der Waals surface area contributed by atoms with Crippen LogP contribution >= 0.6 is 15.9 Å². The molecule has 0 aliphatic rings. The minimum atomic E-state index is -3.80. The highest BCUT2D eigenvalue weighted by Crippen LogP contribution is 2.26. The molecule has 0 atom stereocenters. The number of aryl methyl sites for hydroxylation is 1. The third kappa shape index (κ3) is 3.61. The first kappa shape index (κ1) is 15.9. The lowest BCUT2D eigenvalue weighted by molar-refractivity contribution is 0.596. The molecule has 0 fully saturated rings. The number of hydrogen-bond acceptors (Lipinski definition) is 3. The largest absolute Gasteiger partial charge is 0.326 e. The molecule has 0 aliphatic heterocycles. The van der Waals surface area contributed by atoms with Gasteiger partial charge in [0, 0.05) is 16.6 Å². The molecule has 0 heterocycles. The lowest BCUT2D eigenvalue weighted by Crippen LogP contribution is -2.14. The Hall–Kier alpha value is -1.44. The molecule has 21 heavy (non-hydrogen) atoms. The van der Waals surface area contributed by atoms with Gasteiger partial charge in [-0.2, -0.15) is 0 Å². The van der Waals surface area contributed by atoms with Crippen LogP contribution in [0.1, 0.15) is 11.1 Å². The Kier molecular flexibility index (Phi) is 4.65. The van der Waals surface area contributed by atoms with E-state index in [1.165, 1.54) is 12.1 Å². The summed E-state index contributed by atoms with van der Waals surface area (Å²) < 4.78 is 41.1. The molecule has 2 aromatic carbocycles. The van der Waals surface area contributed by atoms with Crippen molar-refractivity contribution in [1.82, 2.24) is 0 Å². The maximum absolute atomic E-state index is 13.4. The molecule has 112 valence electrons. The van der Waals surface area contributed by atoms with E-state index < -0.39 is 15.8 Å². The molecule has 0 saturated heterocycles. The van der Waals surface area contributed by atoms with E-state index in [2.05, 4.69) is 20.7 Å². The van der Waals surface area contributed by atoms with Crippen molar-refractivity contribution in [1.29, 1.82) is 0 Å². The van der Waals surface area contributed by atoms with E-state index in [-0.39, 0.29) is 17.0 Å². The molecule has 0 unspecified atom stereocenters. The van der Waals surface area contributed by atoms with Gasteiger partial charge in [-0.1, -0.05) is 6.07 Å². The SMILES string of the molecule is Cc1ccc(NS(=O)(=O)c2ccc(F)c(CN)c2)c(Br)c1. The van der Waals surface area contributed by atoms with Gasteiger partial charge in [0.05, 0.1) is 10.6 Å². The molecule has 0 spiro atoms. The second-order valence-corrected chi connectivity index (χ2v) is 7.08. The number of rotatable bonds is 4. The minimum Gasteiger partial charge on any atom is -0.326 e. The van der Waals surface area contributed by atoms with Crippen LogP contribution in [0.2, 0.25) is 0 Å². The van der Waals surface area contributed by atoms with Gasteiger partial charge in [0.1, 0.15) is 5.82 Å². The van der Waals surface area contributed by atoms with Gasteiger partial charge in [-0.15, -0.1) is 0 Å². The maximum Gasteiger partial charge on any atom is 0.261 e. The molecule has 0 bridgehead atoms. The van der Waals surface area contributed by atoms with Crippen molar-refractivity contribution in [3.8, 4) is 0 Å². The van der Waals surface area contributed by atoms with Crippen molar-refractivity contribution in [2.45, 2.75) is 18.4 Å². The maximum atomic E-state index is 13.4. The second-order valence-electron chi connectivity index (χ2n) is 4.55. The summed E-state index contributed by atoms with van der Waals surface area (Å²) in [5, 5.41) is 0. The molecule has 0 aromatic heterocycles. The van der Waals surface area contributed by atoms with Crippen LogP contribution in [-0.4, -0.2) is 8.42 Å². The number of hydrogen-bond donors (Lipinski definition) is 2. The summed E-state index contributed by atoms with van der Waals surface area (Å²) in [6, 6.07) is 8.79. The Labute approximate surface area is 131 Å². The summed E-state index contributed by atoms with van der Waals surface area (Å²) in [4.78, 5) is -0.0307. The zero-order valence-electron chi connectivity index (χ0n) is 11.2. The van der Waals surface area contributed by atoms with Crippen LogP contribution in [0.15, 0.2) is 45.8 Å². The first-order valence-electron chi connectivity index (χ1n) is 6.11. The van der Waals surface area contributed by atoms with E-state index in [1.54, 1.807) is 18.2 Å². The molecule has 4 nitrogen and oxygen atoms in total. The predicted octanol–water partition coefficient (Wildman–Crippen LogP) is 3.16. The Morgan fingerprint density at radius 3 is 2.57 bits per heavy atom. The molecule has 0 aliphatic carbocycles. The average Bonchev–Trinajstić information content (AvgIpc) is 2.42. The molecular weight excluding hydrogens is 359 g/mol. The van der Waals surface area contributed by atoms with Gasteiger partial charge in [-0.05, 0) is 58.7 Å². The molecule has 0 amide bonds. The van der Waals surface area contributed by atoms with E-state index in [0.717, 1.165) is 11.6 Å². The van der Waals surface area contributed by atoms with Crippen molar-refractivity contribution in [3.05, 3.63) is 57.8 Å². The van der Waals surface area contributed by atoms with Gasteiger partial charge >= 0.3 is 0 Å². The summed E-state index contributed by atoms with van der Waals surface area (Å²) in [6.45, 7) is 1.83. The number of nitrogens with one attached hydrogen (secondary N) is 1. The van der Waals surface area contributed by atoms with Gasteiger partial charge in [-0.3, -0.25) is 4.72 Å². The van der Waals surface area contributed by atoms with Crippen molar-refractivity contribution in [3.63, 3.8) is 0 Å². The number of halogens is 2. The Morgan fingerprint density at radius 1 is 1.24 bits per heavy atom. The monoisotopic (exact) mass is 372 g/mol. The number of nitrogens with two attached hydrogens (primary N) is 1. The van der Waals surface area contributed by atoms with Crippen LogP contribution in [0, 0.1) is 12.7 Å². The molecule has 0 saturated carbocycles. The first-order chi connectivity index (χ1) is 9.83. The van der Waals surface area contributed by atoms with E-state index in [1.807, 2.05) is 6.92 Å². The van der Waals surface area contributed by atoms with Gasteiger partial charge in [0.15, 0.2) is 0 Å². The van der Waals surface area contributed by atoms with Crippen molar-refractivity contribution in [2.75, 3.05) is 4.72 Å². The average molecular weight is 373 g/mol. The number of anilines is 1. The molecule has 2 aromatic rings. The standard InChI is InChI=1S/C14H14BrFN2O2S/c1-9-2-5-14(12(15)6-9)18-21(19,20)11-3-4-13(16)10(7-11)8-17/h2-7,18H,8,17H2,1H3. The predicted molar refractivity (Wildman–Crippen MR) is 84.0 cm³/mol. The highest BCUT2D eigenvalue weighted by Gasteiger charge is 2.17. The van der Waals surface area contributed by atoms with Crippen molar-refractivity contribution in [2.24, 2.45) is 5.73 Å². The van der Waals surface area contributed by atoms with Crippen LogP contribution in [0.3, 0.4) is 0 Å². The summed E-state index contributed by atoms with van der Waals surface area (Å²) in [5.74, 6) is -0.520. The van der Waals surface area contributed by atoms with Crippen LogP contribution in [-0.2, 0) is 16.6 Å². The third-order valence-corrected chi connectivity index (χ3v) is 4.94. The topological polar surface area (TPSA) is 72.2 Å². The zero-order chi connectivity index (χ0) is 15.6. The van der Waals surface area contributed by atoms with Crippen molar-refractivity contribution >= 4 is 31.6 Å². The minimum absolute atomic E-state index is 0.0307. The van der Waals surface area contributed by atoms with E-state index in [0.29, 0.717) is 10.2 Å². The summed E-state index contributed by atoms with van der Waals surface area (Å²) in [7, 11) is -3.80. The molecule has 0 radical (unpaired) electrons. The quantitative estimate of drug-likeness (QED) is 0.865. The zero-order valence-corrected chi connectivity index (χ0v) is 13.6. The van der Waals surface area contributed by atoms with E-state index in [9.17, 15) is 12.8 Å². The Balaban J connectivity index is 2.38. The van der Waals surface area contributed by atoms with E-state index in [4.69, 9.17) is 5.73 Å². The van der Waals surface area contributed by atoms with Gasteiger partial charge in [0.25, 0.3) is 10.0 Å². The normalized spacial score (nSPS) is 11.4. The third-order valence-electron chi connectivity index (χ3n) is 2.92. The van der Waals surface area contributed by atoms with E-state index >= 15 is 0 Å². The Morgan fingerprint density at radius 2 is 1.95 bits per heavy atom. The lowest BCUT2D eigenvalue weighted by atomic mass is 10.2. The van der Waals surface area contributed by atoms with Crippen LogP contribution in [0.4, 0.5) is 10.1 Å². The fraction of sp³-hybridized carbons (Fsp3) is 0.143. The van der Waals surface area contributed by atoms with Gasteiger partial charge < -0.3 is 5.73 Å². The second kappa shape index (κ2) is 6.13. The molecule has 3 N–H and O–H groups in total. The van der Waals surface area contributed by atoms with Gasteiger partial charge in [-0.25, -0.2) is 12.8 Å². The lowest BCUT2D eigenvalue weighted by Gasteiger charge is -2.11. The number of benzene rings is 2. The first-order valence-corrected chi connectivity index (χ1v) is 8.38.